The molecule has 5 rings (SSSR count). The van der Waals surface area contributed by atoms with Gasteiger partial charge in [-0.1, -0.05) is 42.1 Å². The summed E-state index contributed by atoms with van der Waals surface area (Å²) in [5.74, 6) is -0.673. The molecule has 0 aromatic heterocycles. The normalized spacial score (nSPS) is 21.7. The molecule has 2 atom stereocenters. The van der Waals surface area contributed by atoms with Gasteiger partial charge in [-0.2, -0.15) is 4.99 Å². The quantitative estimate of drug-likeness (QED) is 0.683. The minimum Gasteiger partial charge on any atom is -0.351 e. The summed E-state index contributed by atoms with van der Waals surface area (Å²) in [7, 11) is 0. The van der Waals surface area contributed by atoms with E-state index in [2.05, 4.69) is 32.7 Å². The molecule has 2 aliphatic heterocycles. The third-order valence-corrected chi connectivity index (χ3v) is 7.79. The minimum atomic E-state index is -0.495. The largest absolute Gasteiger partial charge is 0.351 e. The first-order valence-corrected chi connectivity index (χ1v) is 12.8. The predicted octanol–water partition coefficient (Wildman–Crippen LogP) is 3.92. The van der Waals surface area contributed by atoms with Crippen molar-refractivity contribution in [3.8, 4) is 0 Å². The number of carbonyl (C=O) groups is 3. The van der Waals surface area contributed by atoms with Crippen LogP contribution in [0.4, 0.5) is 5.69 Å². The zero-order valence-corrected chi connectivity index (χ0v) is 19.8. The Morgan fingerprint density at radius 2 is 1.88 bits per heavy atom. The fourth-order valence-electron chi connectivity index (χ4n) is 4.80. The number of hydrogen-bond acceptors (Lipinski definition) is 5. The second-order valence-corrected chi connectivity index (χ2v) is 10.2. The number of hydrogen-bond donors (Lipinski definition) is 2. The van der Waals surface area contributed by atoms with Gasteiger partial charge in [0.15, 0.2) is 5.17 Å². The van der Waals surface area contributed by atoms with Gasteiger partial charge in [-0.15, -0.1) is 0 Å². The van der Waals surface area contributed by atoms with E-state index in [0.29, 0.717) is 11.3 Å². The van der Waals surface area contributed by atoms with Crippen LogP contribution in [0.2, 0.25) is 0 Å². The van der Waals surface area contributed by atoms with Gasteiger partial charge in [0.25, 0.3) is 11.8 Å². The minimum absolute atomic E-state index is 0.00134. The van der Waals surface area contributed by atoms with E-state index in [1.807, 2.05) is 12.1 Å². The highest BCUT2D eigenvalue weighted by Crippen LogP contribution is 2.31. The van der Waals surface area contributed by atoms with Crippen LogP contribution in [0.15, 0.2) is 53.5 Å². The lowest BCUT2D eigenvalue weighted by atomic mass is 10.1. The van der Waals surface area contributed by atoms with E-state index < -0.39 is 5.25 Å². The first-order chi connectivity index (χ1) is 16.6. The van der Waals surface area contributed by atoms with Crippen LogP contribution >= 0.6 is 11.8 Å². The lowest BCUT2D eigenvalue weighted by Crippen LogP contribution is -2.33. The molecule has 7 nitrogen and oxygen atoms in total. The lowest BCUT2D eigenvalue weighted by molar-refractivity contribution is -0.121. The number of likely N-dealkylation sites (tertiary alicyclic amines) is 1. The van der Waals surface area contributed by atoms with Gasteiger partial charge in [0.1, 0.15) is 5.25 Å². The molecule has 8 heteroatoms. The third kappa shape index (κ3) is 5.01. The van der Waals surface area contributed by atoms with Crippen LogP contribution in [0.5, 0.6) is 0 Å². The molecule has 0 saturated carbocycles. The standard InChI is InChI=1S/C26H28N4O3S/c31-23(16-22-25(33)29-26(34-22)30-13-4-1-5-14-30)27-19-9-6-8-18(15-19)24(32)28-21-12-11-17-7-2-3-10-20(17)21/h2-3,6-10,15,21-22H,1,4-5,11-14,16H2,(H,27,31)(H,28,32)/t21-,22-/m1/s1. The molecule has 0 radical (unpaired) electrons. The number of thioether (sulfide) groups is 1. The summed E-state index contributed by atoms with van der Waals surface area (Å²) in [6.45, 7) is 1.83. The molecule has 3 aliphatic rings. The van der Waals surface area contributed by atoms with E-state index in [0.717, 1.165) is 43.9 Å². The number of carbonyl (C=O) groups excluding carboxylic acids is 3. The smallest absolute Gasteiger partial charge is 0.262 e. The average molecular weight is 477 g/mol. The van der Waals surface area contributed by atoms with Crippen LogP contribution in [-0.4, -0.2) is 46.1 Å². The number of fused-ring (bicyclic) bond motifs is 1. The highest BCUT2D eigenvalue weighted by molar-refractivity contribution is 8.15. The van der Waals surface area contributed by atoms with Crippen molar-refractivity contribution < 1.29 is 14.4 Å². The molecule has 1 saturated heterocycles. The van der Waals surface area contributed by atoms with Crippen molar-refractivity contribution in [2.45, 2.75) is 49.8 Å². The highest BCUT2D eigenvalue weighted by Gasteiger charge is 2.33. The molecule has 0 bridgehead atoms. The van der Waals surface area contributed by atoms with Crippen molar-refractivity contribution in [3.05, 3.63) is 65.2 Å². The summed E-state index contributed by atoms with van der Waals surface area (Å²) < 4.78 is 0. The van der Waals surface area contributed by atoms with Gasteiger partial charge in [-0.3, -0.25) is 14.4 Å². The van der Waals surface area contributed by atoms with Gasteiger partial charge >= 0.3 is 0 Å². The first kappa shape index (κ1) is 22.7. The Balaban J connectivity index is 1.16. The van der Waals surface area contributed by atoms with Gasteiger partial charge in [-0.25, -0.2) is 0 Å². The van der Waals surface area contributed by atoms with Crippen LogP contribution in [0.1, 0.15) is 59.6 Å². The van der Waals surface area contributed by atoms with Crippen LogP contribution in [0, 0.1) is 0 Å². The SMILES string of the molecule is O=C(C[C@H]1SC(N2CCCCC2)=NC1=O)Nc1cccc(C(=O)N[C@@H]2CCc3ccccc32)c1. The van der Waals surface area contributed by atoms with Crippen molar-refractivity contribution in [2.75, 3.05) is 18.4 Å². The van der Waals surface area contributed by atoms with Crippen LogP contribution in [-0.2, 0) is 16.0 Å². The Morgan fingerprint density at radius 1 is 1.06 bits per heavy atom. The molecule has 0 unspecified atom stereocenters. The van der Waals surface area contributed by atoms with Crippen molar-refractivity contribution >= 4 is 40.3 Å². The second kappa shape index (κ2) is 10.0. The molecule has 2 aromatic rings. The summed E-state index contributed by atoms with van der Waals surface area (Å²) in [5, 5.41) is 6.20. The molecular weight excluding hydrogens is 448 g/mol. The fraction of sp³-hybridized carbons (Fsp3) is 0.385. The number of benzene rings is 2. The van der Waals surface area contributed by atoms with E-state index in [-0.39, 0.29) is 30.2 Å². The number of amides is 3. The fourth-order valence-corrected chi connectivity index (χ4v) is 5.91. The number of amidine groups is 1. The Labute approximate surface area is 203 Å². The lowest BCUT2D eigenvalue weighted by Gasteiger charge is -2.27. The number of piperidine rings is 1. The topological polar surface area (TPSA) is 90.9 Å². The van der Waals surface area contributed by atoms with Crippen molar-refractivity contribution in [1.82, 2.24) is 10.2 Å². The van der Waals surface area contributed by atoms with Crippen molar-refractivity contribution in [3.63, 3.8) is 0 Å². The van der Waals surface area contributed by atoms with Gasteiger partial charge in [0.2, 0.25) is 5.91 Å². The molecule has 2 heterocycles. The van der Waals surface area contributed by atoms with Crippen LogP contribution in [0.3, 0.4) is 0 Å². The van der Waals surface area contributed by atoms with E-state index >= 15 is 0 Å². The van der Waals surface area contributed by atoms with Crippen molar-refractivity contribution in [2.24, 2.45) is 4.99 Å². The molecule has 2 N–H and O–H groups in total. The maximum Gasteiger partial charge on any atom is 0.262 e. The highest BCUT2D eigenvalue weighted by atomic mass is 32.2. The Morgan fingerprint density at radius 3 is 2.74 bits per heavy atom. The maximum atomic E-state index is 12.9. The van der Waals surface area contributed by atoms with Gasteiger partial charge in [-0.05, 0) is 61.4 Å². The molecule has 1 aliphatic carbocycles. The Bertz CT molecular complexity index is 1140. The summed E-state index contributed by atoms with van der Waals surface area (Å²) >= 11 is 1.39. The monoisotopic (exact) mass is 476 g/mol. The zero-order valence-electron chi connectivity index (χ0n) is 19.0. The Kier molecular flexibility index (Phi) is 6.67. The molecule has 34 heavy (non-hydrogen) atoms. The molecule has 0 spiro atoms. The third-order valence-electron chi connectivity index (χ3n) is 6.57. The average Bonchev–Trinajstić information content (AvgIpc) is 3.43. The second-order valence-electron chi connectivity index (χ2n) is 8.98. The van der Waals surface area contributed by atoms with E-state index in [1.54, 1.807) is 24.3 Å². The Hall–Kier alpha value is -3.13. The number of aryl methyl sites for hydroxylation is 1. The summed E-state index contributed by atoms with van der Waals surface area (Å²) in [4.78, 5) is 44.2. The summed E-state index contributed by atoms with van der Waals surface area (Å²) in [6.07, 6.45) is 5.32. The van der Waals surface area contributed by atoms with E-state index in [1.165, 1.54) is 29.3 Å². The maximum absolute atomic E-state index is 12.9. The van der Waals surface area contributed by atoms with Gasteiger partial charge in [0, 0.05) is 30.8 Å². The molecule has 3 amide bonds. The number of aliphatic imine (C=N–C) groups is 1. The summed E-state index contributed by atoms with van der Waals surface area (Å²) in [5.41, 5.74) is 3.48. The first-order valence-electron chi connectivity index (χ1n) is 11.9. The predicted molar refractivity (Wildman–Crippen MR) is 134 cm³/mol. The number of rotatable bonds is 5. The van der Waals surface area contributed by atoms with Crippen LogP contribution < -0.4 is 10.6 Å². The molecule has 2 aromatic carbocycles. The summed E-state index contributed by atoms with van der Waals surface area (Å²) in [6, 6.07) is 15.1. The molecule has 1 fully saturated rings. The van der Waals surface area contributed by atoms with Gasteiger partial charge < -0.3 is 15.5 Å². The zero-order chi connectivity index (χ0) is 23.5. The van der Waals surface area contributed by atoms with E-state index in [4.69, 9.17) is 0 Å². The number of anilines is 1. The number of nitrogens with zero attached hydrogens (tertiary/aromatic N) is 2. The number of nitrogens with one attached hydrogen (secondary N) is 2. The van der Waals surface area contributed by atoms with Crippen LogP contribution in [0.25, 0.3) is 0 Å². The van der Waals surface area contributed by atoms with E-state index in [9.17, 15) is 14.4 Å². The van der Waals surface area contributed by atoms with Crippen molar-refractivity contribution in [1.29, 1.82) is 0 Å². The van der Waals surface area contributed by atoms with Gasteiger partial charge in [0.05, 0.1) is 6.04 Å². The molecule has 176 valence electrons. The molecular formula is C26H28N4O3S.